The second-order valence-corrected chi connectivity index (χ2v) is 9.75. The summed E-state index contributed by atoms with van der Waals surface area (Å²) in [5.74, 6) is 3.63. The molecule has 2 aliphatic rings. The lowest BCUT2D eigenvalue weighted by Crippen LogP contribution is -3.00. The SMILES string of the molecule is COc1ccc(-c2c[n+](CC(=O)OC3CC(C)CCC3C(C)C)c3n2CCCC3)cc1.[Cl-]. The monoisotopic (exact) mass is 460 g/mol. The molecule has 176 valence electrons. The predicted octanol–water partition coefficient (Wildman–Crippen LogP) is 1.80. The van der Waals surface area contributed by atoms with Gasteiger partial charge in [-0.2, -0.15) is 0 Å². The first-order chi connectivity index (χ1) is 15.0. The lowest BCUT2D eigenvalue weighted by molar-refractivity contribution is -0.693. The summed E-state index contributed by atoms with van der Waals surface area (Å²) >= 11 is 0. The van der Waals surface area contributed by atoms with E-state index < -0.39 is 0 Å². The first-order valence-electron chi connectivity index (χ1n) is 11.9. The average Bonchev–Trinajstić information content (AvgIpc) is 3.12. The van der Waals surface area contributed by atoms with Crippen LogP contribution in [0.15, 0.2) is 30.5 Å². The predicted molar refractivity (Wildman–Crippen MR) is 121 cm³/mol. The number of imidazole rings is 1. The topological polar surface area (TPSA) is 44.3 Å². The number of ether oxygens (including phenoxy) is 2. The van der Waals surface area contributed by atoms with E-state index >= 15 is 0 Å². The fourth-order valence-corrected chi connectivity index (χ4v) is 5.39. The zero-order valence-electron chi connectivity index (χ0n) is 19.9. The molecule has 32 heavy (non-hydrogen) atoms. The zero-order chi connectivity index (χ0) is 22.0. The minimum atomic E-state index is -0.102. The summed E-state index contributed by atoms with van der Waals surface area (Å²) in [7, 11) is 1.69. The standard InChI is InChI=1S/C26H37N2O3.ClH/c1-18(2)22-13-8-19(3)15-24(22)31-26(29)17-27-16-23(28-14-6-5-7-25(27)28)20-9-11-21(30-4)12-10-20;/h9-12,16,18-19,22,24H,5-8,13-15,17H2,1-4H3;1H/q+1;/p-1. The summed E-state index contributed by atoms with van der Waals surface area (Å²) < 4.78 is 15.9. The number of hydrogen-bond acceptors (Lipinski definition) is 3. The molecule has 0 saturated heterocycles. The van der Waals surface area contributed by atoms with Gasteiger partial charge in [-0.1, -0.05) is 27.2 Å². The van der Waals surface area contributed by atoms with Crippen molar-refractivity contribution in [3.8, 4) is 17.0 Å². The van der Waals surface area contributed by atoms with Gasteiger partial charge in [-0.25, -0.2) is 13.9 Å². The van der Waals surface area contributed by atoms with Gasteiger partial charge in [-0.05, 0) is 67.7 Å². The van der Waals surface area contributed by atoms with Crippen LogP contribution in [-0.2, 0) is 29.0 Å². The molecular weight excluding hydrogens is 424 g/mol. The molecule has 1 aromatic heterocycles. The Kier molecular flexibility index (Phi) is 8.26. The van der Waals surface area contributed by atoms with Gasteiger partial charge in [-0.15, -0.1) is 0 Å². The van der Waals surface area contributed by atoms with E-state index in [1.165, 1.54) is 18.7 Å². The fourth-order valence-electron chi connectivity index (χ4n) is 5.39. The van der Waals surface area contributed by atoms with Crippen molar-refractivity contribution in [2.24, 2.45) is 17.8 Å². The van der Waals surface area contributed by atoms with Crippen LogP contribution in [0.4, 0.5) is 0 Å². The van der Waals surface area contributed by atoms with Gasteiger partial charge < -0.3 is 21.9 Å². The summed E-state index contributed by atoms with van der Waals surface area (Å²) in [6.07, 6.45) is 8.91. The maximum absolute atomic E-state index is 13.0. The number of carbonyl (C=O) groups is 1. The van der Waals surface area contributed by atoms with Crippen LogP contribution < -0.4 is 21.7 Å². The minimum absolute atomic E-state index is 0. The Morgan fingerprint density at radius 3 is 2.62 bits per heavy atom. The minimum Gasteiger partial charge on any atom is -1.00 e. The lowest BCUT2D eigenvalue weighted by Gasteiger charge is -2.36. The number of carbonyl (C=O) groups excluding carboxylic acids is 1. The molecule has 1 aliphatic heterocycles. The third-order valence-electron chi connectivity index (χ3n) is 7.17. The largest absolute Gasteiger partial charge is 1.00 e. The van der Waals surface area contributed by atoms with Crippen molar-refractivity contribution in [1.29, 1.82) is 0 Å². The first kappa shape index (κ1) is 24.6. The van der Waals surface area contributed by atoms with Crippen LogP contribution in [0.2, 0.25) is 0 Å². The van der Waals surface area contributed by atoms with Crippen LogP contribution in [0, 0.1) is 17.8 Å². The van der Waals surface area contributed by atoms with Crippen molar-refractivity contribution in [1.82, 2.24) is 4.57 Å². The van der Waals surface area contributed by atoms with E-state index in [1.807, 2.05) is 12.1 Å². The Hall–Kier alpha value is -2.01. The molecule has 4 rings (SSSR count). The Morgan fingerprint density at radius 1 is 1.19 bits per heavy atom. The number of hydrogen-bond donors (Lipinski definition) is 0. The number of esters is 1. The third kappa shape index (κ3) is 5.31. The number of fused-ring (bicyclic) bond motifs is 1. The summed E-state index contributed by atoms with van der Waals surface area (Å²) in [6, 6.07) is 8.17. The second kappa shape index (κ2) is 10.7. The average molecular weight is 461 g/mol. The molecule has 2 heterocycles. The summed E-state index contributed by atoms with van der Waals surface area (Å²) in [5.41, 5.74) is 2.31. The highest BCUT2D eigenvalue weighted by Gasteiger charge is 2.34. The summed E-state index contributed by atoms with van der Waals surface area (Å²) in [6.45, 7) is 8.07. The van der Waals surface area contributed by atoms with E-state index in [4.69, 9.17) is 9.47 Å². The lowest BCUT2D eigenvalue weighted by atomic mass is 9.75. The van der Waals surface area contributed by atoms with Gasteiger partial charge >= 0.3 is 5.97 Å². The third-order valence-corrected chi connectivity index (χ3v) is 7.17. The van der Waals surface area contributed by atoms with E-state index in [0.29, 0.717) is 24.3 Å². The molecule has 5 nitrogen and oxygen atoms in total. The Morgan fingerprint density at radius 2 is 1.94 bits per heavy atom. The molecule has 0 radical (unpaired) electrons. The number of aromatic nitrogens is 2. The van der Waals surface area contributed by atoms with Crippen LogP contribution in [0.25, 0.3) is 11.3 Å². The van der Waals surface area contributed by atoms with E-state index in [9.17, 15) is 4.79 Å². The Bertz CT molecular complexity index is 907. The molecule has 0 bridgehead atoms. The highest BCUT2D eigenvalue weighted by atomic mass is 35.5. The van der Waals surface area contributed by atoms with E-state index in [2.05, 4.69) is 48.2 Å². The molecule has 1 fully saturated rings. The van der Waals surface area contributed by atoms with Crippen LogP contribution in [0.5, 0.6) is 5.75 Å². The van der Waals surface area contributed by atoms with Crippen molar-refractivity contribution in [2.75, 3.05) is 7.11 Å². The molecule has 3 atom stereocenters. The molecule has 0 amide bonds. The number of rotatable bonds is 6. The quantitative estimate of drug-likeness (QED) is 0.487. The van der Waals surface area contributed by atoms with Crippen LogP contribution in [0.1, 0.15) is 58.7 Å². The van der Waals surface area contributed by atoms with Gasteiger partial charge in [0.05, 0.1) is 13.7 Å². The normalized spacial score (nSPS) is 22.7. The van der Waals surface area contributed by atoms with E-state index in [-0.39, 0.29) is 24.5 Å². The van der Waals surface area contributed by atoms with Crippen molar-refractivity contribution < 1.29 is 31.2 Å². The molecule has 1 aliphatic carbocycles. The maximum Gasteiger partial charge on any atom is 0.348 e. The molecule has 2 aromatic rings. The van der Waals surface area contributed by atoms with Crippen molar-refractivity contribution >= 4 is 5.97 Å². The fraction of sp³-hybridized carbons (Fsp3) is 0.615. The number of methoxy groups -OCH3 is 1. The van der Waals surface area contributed by atoms with Gasteiger partial charge in [0, 0.05) is 12.0 Å². The number of nitrogens with zero attached hydrogens (tertiary/aromatic N) is 2. The molecule has 1 aromatic carbocycles. The smallest absolute Gasteiger partial charge is 0.348 e. The molecule has 0 spiro atoms. The van der Waals surface area contributed by atoms with E-state index in [0.717, 1.165) is 49.2 Å². The Balaban J connectivity index is 0.00000289. The molecule has 6 heteroatoms. The molecule has 3 unspecified atom stereocenters. The van der Waals surface area contributed by atoms with Gasteiger partial charge in [0.25, 0.3) is 5.82 Å². The molecule has 0 N–H and O–H groups in total. The van der Waals surface area contributed by atoms with Crippen molar-refractivity contribution in [3.05, 3.63) is 36.3 Å². The Labute approximate surface area is 198 Å². The molecular formula is C26H37ClN2O3. The van der Waals surface area contributed by atoms with Gasteiger partial charge in [0.1, 0.15) is 18.1 Å². The van der Waals surface area contributed by atoms with Crippen molar-refractivity contribution in [2.45, 2.75) is 78.5 Å². The second-order valence-electron chi connectivity index (χ2n) is 9.75. The van der Waals surface area contributed by atoms with Gasteiger partial charge in [0.2, 0.25) is 0 Å². The van der Waals surface area contributed by atoms with Crippen LogP contribution in [0.3, 0.4) is 0 Å². The zero-order valence-corrected chi connectivity index (χ0v) is 20.6. The van der Waals surface area contributed by atoms with Crippen molar-refractivity contribution in [3.63, 3.8) is 0 Å². The molecule has 1 saturated carbocycles. The number of benzene rings is 1. The first-order valence-corrected chi connectivity index (χ1v) is 11.9. The summed E-state index contributed by atoms with van der Waals surface area (Å²) in [4.78, 5) is 13.0. The van der Waals surface area contributed by atoms with Gasteiger partial charge in [0.15, 0.2) is 12.2 Å². The maximum atomic E-state index is 13.0. The van der Waals surface area contributed by atoms with E-state index in [1.54, 1.807) is 7.11 Å². The highest BCUT2D eigenvalue weighted by molar-refractivity contribution is 5.68. The van der Waals surface area contributed by atoms with Crippen LogP contribution >= 0.6 is 0 Å². The summed E-state index contributed by atoms with van der Waals surface area (Å²) in [5, 5.41) is 0. The van der Waals surface area contributed by atoms with Crippen LogP contribution in [-0.4, -0.2) is 23.8 Å². The highest BCUT2D eigenvalue weighted by Crippen LogP contribution is 2.35. The van der Waals surface area contributed by atoms with Gasteiger partial charge in [-0.3, -0.25) is 0 Å². The number of halogens is 1.